The lowest BCUT2D eigenvalue weighted by molar-refractivity contribution is -0.135. The number of carboxylic acid groups (broad SMARTS) is 1. The monoisotopic (exact) mass is 217 g/mol. The summed E-state index contributed by atoms with van der Waals surface area (Å²) in [5.41, 5.74) is 0.905. The average Bonchev–Trinajstić information content (AvgIpc) is 2.59. The van der Waals surface area contributed by atoms with Crippen LogP contribution >= 0.6 is 11.3 Å². The van der Waals surface area contributed by atoms with E-state index in [9.17, 15) is 4.79 Å². The highest BCUT2D eigenvalue weighted by molar-refractivity contribution is 7.19. The maximum Gasteiger partial charge on any atom is 0.315 e. The summed E-state index contributed by atoms with van der Waals surface area (Å²) in [5.74, 6) is 4.39. The molecule has 4 heteroatoms. The van der Waals surface area contributed by atoms with E-state index in [2.05, 4.69) is 16.8 Å². The molecule has 0 unspecified atom stereocenters. The molecule has 0 aliphatic carbocycles. The van der Waals surface area contributed by atoms with Crippen molar-refractivity contribution in [3.8, 4) is 11.8 Å². The predicted octanol–water partition coefficient (Wildman–Crippen LogP) is 2.12. The van der Waals surface area contributed by atoms with Crippen LogP contribution in [0, 0.1) is 11.8 Å². The molecule has 15 heavy (non-hydrogen) atoms. The van der Waals surface area contributed by atoms with Crippen molar-refractivity contribution in [2.24, 2.45) is 0 Å². The molecule has 0 saturated heterocycles. The van der Waals surface area contributed by atoms with Crippen LogP contribution in [-0.2, 0) is 4.79 Å². The minimum absolute atomic E-state index is 0.143. The molecule has 0 aliphatic heterocycles. The molecule has 0 spiro atoms. The van der Waals surface area contributed by atoms with Gasteiger partial charge in [-0.15, -0.1) is 11.3 Å². The lowest BCUT2D eigenvalue weighted by Crippen LogP contribution is -1.90. The predicted molar refractivity (Wildman–Crippen MR) is 58.8 cm³/mol. The summed E-state index contributed by atoms with van der Waals surface area (Å²) in [6.07, 6.45) is -0.143. The number of aliphatic carboxylic acids is 1. The fraction of sp³-hybridized carbons (Fsp3) is 0.0909. The maximum atomic E-state index is 10.2. The Morgan fingerprint density at radius 3 is 3.00 bits per heavy atom. The van der Waals surface area contributed by atoms with Crippen LogP contribution in [0.5, 0.6) is 0 Å². The van der Waals surface area contributed by atoms with E-state index in [1.165, 1.54) is 11.3 Å². The minimum Gasteiger partial charge on any atom is -0.481 e. The number of carboxylic acids is 1. The van der Waals surface area contributed by atoms with Crippen LogP contribution in [0.4, 0.5) is 0 Å². The number of nitrogens with zero attached hydrogens (tertiary/aromatic N) is 1. The zero-order valence-corrected chi connectivity index (χ0v) is 8.54. The van der Waals surface area contributed by atoms with Gasteiger partial charge < -0.3 is 5.11 Å². The maximum absolute atomic E-state index is 10.2. The molecule has 1 aromatic carbocycles. The number of carbonyl (C=O) groups is 1. The molecule has 0 fully saturated rings. The van der Waals surface area contributed by atoms with E-state index in [1.807, 2.05) is 24.3 Å². The second-order valence-electron chi connectivity index (χ2n) is 2.86. The van der Waals surface area contributed by atoms with Crippen LogP contribution in [0.3, 0.4) is 0 Å². The van der Waals surface area contributed by atoms with E-state index >= 15 is 0 Å². The van der Waals surface area contributed by atoms with Crippen LogP contribution in [0.2, 0.25) is 0 Å². The third-order valence-corrected chi connectivity index (χ3v) is 2.68. The van der Waals surface area contributed by atoms with Crippen molar-refractivity contribution in [2.45, 2.75) is 6.42 Å². The Balaban J connectivity index is 2.28. The van der Waals surface area contributed by atoms with E-state index < -0.39 is 5.97 Å². The lowest BCUT2D eigenvalue weighted by Gasteiger charge is -1.80. The quantitative estimate of drug-likeness (QED) is 0.744. The molecular weight excluding hydrogens is 210 g/mol. The van der Waals surface area contributed by atoms with Crippen LogP contribution in [0.1, 0.15) is 11.4 Å². The molecule has 1 aromatic heterocycles. The molecule has 2 aromatic rings. The van der Waals surface area contributed by atoms with Gasteiger partial charge in [0.05, 0.1) is 10.2 Å². The zero-order chi connectivity index (χ0) is 10.7. The van der Waals surface area contributed by atoms with Gasteiger partial charge in [0, 0.05) is 0 Å². The lowest BCUT2D eigenvalue weighted by atomic mass is 10.3. The Labute approximate surface area is 90.4 Å². The van der Waals surface area contributed by atoms with Gasteiger partial charge in [-0.25, -0.2) is 4.98 Å². The van der Waals surface area contributed by atoms with Crippen molar-refractivity contribution >= 4 is 27.5 Å². The van der Waals surface area contributed by atoms with Crippen molar-refractivity contribution in [2.75, 3.05) is 0 Å². The number of thiazole rings is 1. The van der Waals surface area contributed by atoms with Gasteiger partial charge >= 0.3 is 5.97 Å². The van der Waals surface area contributed by atoms with Crippen molar-refractivity contribution in [1.82, 2.24) is 4.98 Å². The highest BCUT2D eigenvalue weighted by Crippen LogP contribution is 2.20. The molecule has 0 bridgehead atoms. The van der Waals surface area contributed by atoms with E-state index in [0.29, 0.717) is 5.01 Å². The van der Waals surface area contributed by atoms with E-state index in [-0.39, 0.29) is 6.42 Å². The molecule has 2 rings (SSSR count). The smallest absolute Gasteiger partial charge is 0.315 e. The highest BCUT2D eigenvalue weighted by Gasteiger charge is 1.99. The molecule has 0 amide bonds. The van der Waals surface area contributed by atoms with Crippen molar-refractivity contribution in [3.63, 3.8) is 0 Å². The Morgan fingerprint density at radius 2 is 2.27 bits per heavy atom. The molecule has 1 heterocycles. The van der Waals surface area contributed by atoms with Gasteiger partial charge in [0.25, 0.3) is 0 Å². The molecule has 0 aliphatic rings. The zero-order valence-electron chi connectivity index (χ0n) is 7.73. The minimum atomic E-state index is -0.913. The van der Waals surface area contributed by atoms with Gasteiger partial charge in [-0.1, -0.05) is 18.1 Å². The Hall–Kier alpha value is -1.86. The van der Waals surface area contributed by atoms with Crippen molar-refractivity contribution < 1.29 is 9.90 Å². The third-order valence-electron chi connectivity index (χ3n) is 1.73. The van der Waals surface area contributed by atoms with Gasteiger partial charge in [0.1, 0.15) is 6.42 Å². The number of para-hydroxylation sites is 1. The first-order chi connectivity index (χ1) is 7.25. The SMILES string of the molecule is O=C(O)CC#Cc1nc2ccccc2s1. The number of benzene rings is 1. The van der Waals surface area contributed by atoms with Crippen LogP contribution in [-0.4, -0.2) is 16.1 Å². The van der Waals surface area contributed by atoms with Crippen LogP contribution in [0.15, 0.2) is 24.3 Å². The Bertz CT molecular complexity index is 529. The fourth-order valence-electron chi connectivity index (χ4n) is 1.12. The number of hydrogen-bond donors (Lipinski definition) is 1. The Morgan fingerprint density at radius 1 is 1.47 bits per heavy atom. The topological polar surface area (TPSA) is 50.2 Å². The molecule has 0 atom stereocenters. The molecule has 0 saturated carbocycles. The summed E-state index contributed by atoms with van der Waals surface area (Å²) in [6.45, 7) is 0. The molecule has 1 N–H and O–H groups in total. The highest BCUT2D eigenvalue weighted by atomic mass is 32.1. The van der Waals surface area contributed by atoms with E-state index in [1.54, 1.807) is 0 Å². The summed E-state index contributed by atoms with van der Waals surface area (Å²) < 4.78 is 1.07. The summed E-state index contributed by atoms with van der Waals surface area (Å²) in [6, 6.07) is 7.73. The van der Waals surface area contributed by atoms with Crippen molar-refractivity contribution in [1.29, 1.82) is 0 Å². The summed E-state index contributed by atoms with van der Waals surface area (Å²) in [4.78, 5) is 14.5. The first kappa shape index (κ1) is 9.69. The van der Waals surface area contributed by atoms with Gasteiger partial charge in [0.15, 0.2) is 5.01 Å². The van der Waals surface area contributed by atoms with E-state index in [0.717, 1.165) is 10.2 Å². The standard InChI is InChI=1S/C11H7NO2S/c13-11(14)7-3-6-10-12-8-4-1-2-5-9(8)15-10/h1-2,4-5H,7H2,(H,13,14). The number of fused-ring (bicyclic) bond motifs is 1. The second kappa shape index (κ2) is 4.11. The van der Waals surface area contributed by atoms with Gasteiger partial charge in [-0.3, -0.25) is 4.79 Å². The van der Waals surface area contributed by atoms with Crippen LogP contribution in [0.25, 0.3) is 10.2 Å². The average molecular weight is 217 g/mol. The van der Waals surface area contributed by atoms with Crippen molar-refractivity contribution in [3.05, 3.63) is 29.3 Å². The first-order valence-electron chi connectivity index (χ1n) is 4.32. The molecule has 0 radical (unpaired) electrons. The fourth-order valence-corrected chi connectivity index (χ4v) is 1.96. The van der Waals surface area contributed by atoms with Gasteiger partial charge in [0.2, 0.25) is 0 Å². The van der Waals surface area contributed by atoms with E-state index in [4.69, 9.17) is 5.11 Å². The van der Waals surface area contributed by atoms with Gasteiger partial charge in [-0.2, -0.15) is 0 Å². The molecule has 3 nitrogen and oxygen atoms in total. The summed E-state index contributed by atoms with van der Waals surface area (Å²) in [5, 5.41) is 9.08. The first-order valence-corrected chi connectivity index (χ1v) is 5.13. The summed E-state index contributed by atoms with van der Waals surface area (Å²) >= 11 is 1.47. The normalized spacial score (nSPS) is 9.60. The molecule has 74 valence electrons. The largest absolute Gasteiger partial charge is 0.481 e. The second-order valence-corrected chi connectivity index (χ2v) is 3.89. The third kappa shape index (κ3) is 2.33. The van der Waals surface area contributed by atoms with Crippen LogP contribution < -0.4 is 0 Å². The summed E-state index contributed by atoms with van der Waals surface area (Å²) in [7, 11) is 0. The number of aromatic nitrogens is 1. The number of hydrogen-bond acceptors (Lipinski definition) is 3. The Kier molecular flexibility index (Phi) is 2.66. The molecular formula is C11H7NO2S. The van der Waals surface area contributed by atoms with Gasteiger partial charge in [-0.05, 0) is 18.1 Å². The number of rotatable bonds is 1.